The van der Waals surface area contributed by atoms with Crippen LogP contribution in [0.4, 0.5) is 0 Å². The van der Waals surface area contributed by atoms with Gasteiger partial charge in [-0.1, -0.05) is 0 Å². The van der Waals surface area contributed by atoms with Crippen molar-refractivity contribution in [3.63, 3.8) is 0 Å². The molecule has 0 rings (SSSR count). The summed E-state index contributed by atoms with van der Waals surface area (Å²) in [5.41, 5.74) is 4.17. The molecule has 0 aliphatic carbocycles. The normalized spacial score (nSPS) is 6.86. The standard InChI is InChI=1S/C3H8O.CH3NO/c1-3(2)4;2-1-3/h3-4H,1-2H3;1H,(H2,2,3). The van der Waals surface area contributed by atoms with Gasteiger partial charge in [-0.25, -0.2) is 0 Å². The molecule has 0 fully saturated rings. The lowest BCUT2D eigenvalue weighted by molar-refractivity contribution is -0.106. The van der Waals surface area contributed by atoms with E-state index in [-0.39, 0.29) is 12.5 Å². The molecule has 3 N–H and O–H groups in total. The maximum Gasteiger partial charge on any atom is 0.204 e. The van der Waals surface area contributed by atoms with Crippen molar-refractivity contribution >= 4 is 6.41 Å². The second-order valence-electron chi connectivity index (χ2n) is 1.23. The Morgan fingerprint density at radius 3 is 1.71 bits per heavy atom. The molecule has 0 unspecified atom stereocenters. The fraction of sp³-hybridized carbons (Fsp3) is 0.750. The number of hydrogen-bond acceptors (Lipinski definition) is 2. The van der Waals surface area contributed by atoms with Crippen molar-refractivity contribution in [3.05, 3.63) is 0 Å². The van der Waals surface area contributed by atoms with Gasteiger partial charge < -0.3 is 10.8 Å². The third kappa shape index (κ3) is 197. The zero-order valence-corrected chi connectivity index (χ0v) is 4.59. The van der Waals surface area contributed by atoms with Crippen LogP contribution in [0.5, 0.6) is 0 Å². The fourth-order valence-corrected chi connectivity index (χ4v) is 0. The molecule has 0 aliphatic heterocycles. The van der Waals surface area contributed by atoms with Crippen molar-refractivity contribution < 1.29 is 9.90 Å². The summed E-state index contributed by atoms with van der Waals surface area (Å²) in [4.78, 5) is 8.58. The Morgan fingerprint density at radius 2 is 1.71 bits per heavy atom. The molecule has 44 valence electrons. The van der Waals surface area contributed by atoms with Crippen LogP contribution in [0.1, 0.15) is 13.8 Å². The molecule has 0 aromatic rings. The average molecular weight is 105 g/mol. The van der Waals surface area contributed by atoms with E-state index >= 15 is 0 Å². The minimum Gasteiger partial charge on any atom is -0.394 e. The van der Waals surface area contributed by atoms with E-state index in [0.29, 0.717) is 0 Å². The Hall–Kier alpha value is -0.570. The summed E-state index contributed by atoms with van der Waals surface area (Å²) in [6, 6.07) is 0. The molecule has 7 heavy (non-hydrogen) atoms. The zero-order chi connectivity index (χ0) is 6.28. The molecular formula is C4H11NO2. The second kappa shape index (κ2) is 9.06. The molecule has 0 spiro atoms. The van der Waals surface area contributed by atoms with Gasteiger partial charge in [0.25, 0.3) is 0 Å². The van der Waals surface area contributed by atoms with E-state index in [1.54, 1.807) is 13.8 Å². The van der Waals surface area contributed by atoms with Crippen molar-refractivity contribution in [2.45, 2.75) is 20.0 Å². The van der Waals surface area contributed by atoms with Crippen molar-refractivity contribution in [2.24, 2.45) is 5.73 Å². The Morgan fingerprint density at radius 1 is 1.71 bits per heavy atom. The number of carbonyl (C=O) groups is 1. The Bertz CT molecular complexity index is 33.9. The van der Waals surface area contributed by atoms with Crippen LogP contribution < -0.4 is 5.73 Å². The van der Waals surface area contributed by atoms with Gasteiger partial charge in [-0.05, 0) is 13.8 Å². The largest absolute Gasteiger partial charge is 0.394 e. The predicted molar refractivity (Wildman–Crippen MR) is 27.6 cm³/mol. The molecular weight excluding hydrogens is 94.0 g/mol. The van der Waals surface area contributed by atoms with E-state index in [0.717, 1.165) is 0 Å². The lowest BCUT2D eigenvalue weighted by atomic mass is 10.5. The van der Waals surface area contributed by atoms with Crippen molar-refractivity contribution in [1.29, 1.82) is 0 Å². The first-order valence-corrected chi connectivity index (χ1v) is 1.98. The average Bonchev–Trinajstić information content (AvgIpc) is 1.33. The molecule has 3 nitrogen and oxygen atoms in total. The number of nitrogens with two attached hydrogens (primary N) is 1. The SMILES string of the molecule is CC(C)O.NC=O. The first-order valence-electron chi connectivity index (χ1n) is 1.98. The van der Waals surface area contributed by atoms with Gasteiger partial charge in [0, 0.05) is 6.10 Å². The minimum absolute atomic E-state index is 0.167. The number of primary amides is 1. The summed E-state index contributed by atoms with van der Waals surface area (Å²) in [5.74, 6) is 0. The molecule has 0 heterocycles. The van der Waals surface area contributed by atoms with E-state index in [1.165, 1.54) is 0 Å². The van der Waals surface area contributed by atoms with Crippen LogP contribution in [0.2, 0.25) is 0 Å². The van der Waals surface area contributed by atoms with Crippen molar-refractivity contribution in [1.82, 2.24) is 0 Å². The Balaban J connectivity index is 0. The number of carbonyl (C=O) groups excluding carboxylic acids is 1. The highest BCUT2D eigenvalue weighted by molar-refractivity contribution is 5.42. The highest BCUT2D eigenvalue weighted by Gasteiger charge is 1.69. The van der Waals surface area contributed by atoms with Gasteiger partial charge in [0.2, 0.25) is 6.41 Å². The van der Waals surface area contributed by atoms with Crippen molar-refractivity contribution in [2.75, 3.05) is 0 Å². The molecule has 0 aromatic heterocycles. The van der Waals surface area contributed by atoms with Crippen LogP contribution in [-0.4, -0.2) is 17.6 Å². The summed E-state index contributed by atoms with van der Waals surface area (Å²) >= 11 is 0. The molecule has 0 radical (unpaired) electrons. The third-order valence-corrected chi connectivity index (χ3v) is 0. The maximum atomic E-state index is 8.58. The van der Waals surface area contributed by atoms with E-state index in [4.69, 9.17) is 9.90 Å². The van der Waals surface area contributed by atoms with E-state index in [2.05, 4.69) is 5.73 Å². The highest BCUT2D eigenvalue weighted by atomic mass is 16.3. The number of aliphatic hydroxyl groups excluding tert-OH is 1. The molecule has 3 heteroatoms. The smallest absolute Gasteiger partial charge is 0.204 e. The van der Waals surface area contributed by atoms with Gasteiger partial charge >= 0.3 is 0 Å². The highest BCUT2D eigenvalue weighted by Crippen LogP contribution is 1.65. The summed E-state index contributed by atoms with van der Waals surface area (Å²) in [5, 5.41) is 8.06. The third-order valence-electron chi connectivity index (χ3n) is 0. The maximum absolute atomic E-state index is 8.58. The van der Waals surface area contributed by atoms with Crippen LogP contribution in [0.25, 0.3) is 0 Å². The fourth-order valence-electron chi connectivity index (χ4n) is 0. The second-order valence-corrected chi connectivity index (χ2v) is 1.23. The first kappa shape index (κ1) is 9.66. The number of rotatable bonds is 0. The monoisotopic (exact) mass is 105 g/mol. The van der Waals surface area contributed by atoms with Crippen LogP contribution in [0, 0.1) is 0 Å². The van der Waals surface area contributed by atoms with Crippen LogP contribution >= 0.6 is 0 Å². The summed E-state index contributed by atoms with van der Waals surface area (Å²) in [6.45, 7) is 3.44. The van der Waals surface area contributed by atoms with Gasteiger partial charge in [0.05, 0.1) is 0 Å². The lowest BCUT2D eigenvalue weighted by Gasteiger charge is -1.80. The van der Waals surface area contributed by atoms with Crippen LogP contribution in [0.15, 0.2) is 0 Å². The number of amides is 1. The molecule has 0 atom stereocenters. The minimum atomic E-state index is -0.167. The van der Waals surface area contributed by atoms with Gasteiger partial charge in [-0.15, -0.1) is 0 Å². The molecule has 0 bridgehead atoms. The topological polar surface area (TPSA) is 63.3 Å². The quantitative estimate of drug-likeness (QED) is 0.407. The van der Waals surface area contributed by atoms with Gasteiger partial charge in [0.1, 0.15) is 0 Å². The summed E-state index contributed by atoms with van der Waals surface area (Å²) in [7, 11) is 0. The van der Waals surface area contributed by atoms with Gasteiger partial charge in [0.15, 0.2) is 0 Å². The number of aliphatic hydroxyl groups is 1. The van der Waals surface area contributed by atoms with E-state index in [1.807, 2.05) is 0 Å². The van der Waals surface area contributed by atoms with Crippen LogP contribution in [-0.2, 0) is 4.79 Å². The molecule has 1 amide bonds. The zero-order valence-electron chi connectivity index (χ0n) is 4.59. The Labute approximate surface area is 43.1 Å². The van der Waals surface area contributed by atoms with Gasteiger partial charge in [-0.2, -0.15) is 0 Å². The molecule has 0 aromatic carbocycles. The van der Waals surface area contributed by atoms with E-state index < -0.39 is 0 Å². The number of hydrogen-bond donors (Lipinski definition) is 2. The lowest BCUT2D eigenvalue weighted by Crippen LogP contribution is -1.85. The first-order chi connectivity index (χ1) is 3.15. The summed E-state index contributed by atoms with van der Waals surface area (Å²) < 4.78 is 0. The predicted octanol–water partition coefficient (Wildman–Crippen LogP) is -0.511. The van der Waals surface area contributed by atoms with E-state index in [9.17, 15) is 0 Å². The van der Waals surface area contributed by atoms with Crippen LogP contribution in [0.3, 0.4) is 0 Å². The molecule has 0 saturated carbocycles. The molecule has 0 saturated heterocycles. The Kier molecular flexibility index (Phi) is 12.5. The molecule has 0 aliphatic rings. The summed E-state index contributed by atoms with van der Waals surface area (Å²) in [6.07, 6.45) is 0.0833. The van der Waals surface area contributed by atoms with Gasteiger partial charge in [-0.3, -0.25) is 4.79 Å². The van der Waals surface area contributed by atoms with Crippen molar-refractivity contribution in [3.8, 4) is 0 Å².